The summed E-state index contributed by atoms with van der Waals surface area (Å²) in [4.78, 5) is 35.6. The molecule has 1 amide bonds. The molecule has 1 saturated heterocycles. The average molecular weight is 555 g/mol. The summed E-state index contributed by atoms with van der Waals surface area (Å²) in [5, 5.41) is 0. The first-order valence-corrected chi connectivity index (χ1v) is 11.4. The highest BCUT2D eigenvalue weighted by Crippen LogP contribution is 2.33. The third-order valence-electron chi connectivity index (χ3n) is 5.55. The van der Waals surface area contributed by atoms with Gasteiger partial charge in [-0.15, -0.1) is 0 Å². The first kappa shape index (κ1) is 24.8. The predicted molar refractivity (Wildman–Crippen MR) is 120 cm³/mol. The van der Waals surface area contributed by atoms with Crippen molar-refractivity contribution in [2.45, 2.75) is 19.0 Å². The fourth-order valence-electron chi connectivity index (χ4n) is 3.75. The second-order valence-corrected chi connectivity index (χ2v) is 8.58. The summed E-state index contributed by atoms with van der Waals surface area (Å²) >= 11 is 2.73. The first-order valence-electron chi connectivity index (χ1n) is 10.6. The Morgan fingerprint density at radius 1 is 1.03 bits per heavy atom. The molecule has 0 aliphatic carbocycles. The van der Waals surface area contributed by atoms with E-state index in [2.05, 4.69) is 25.9 Å². The molecule has 3 heterocycles. The third-order valence-corrected chi connectivity index (χ3v) is 5.89. The molecule has 0 bridgehead atoms. The Labute approximate surface area is 205 Å². The molecule has 1 aromatic carbocycles. The Morgan fingerprint density at radius 3 is 2.37 bits per heavy atom. The van der Waals surface area contributed by atoms with E-state index in [1.807, 2.05) is 4.90 Å². The molecule has 0 unspecified atom stereocenters. The van der Waals surface area contributed by atoms with Crippen LogP contribution in [0, 0.1) is 5.82 Å². The molecule has 12 heteroatoms. The van der Waals surface area contributed by atoms with E-state index < -0.39 is 34.0 Å². The van der Waals surface area contributed by atoms with Gasteiger partial charge in [0.15, 0.2) is 5.69 Å². The molecule has 35 heavy (non-hydrogen) atoms. The van der Waals surface area contributed by atoms with E-state index in [0.29, 0.717) is 43.1 Å². The number of anilines is 1. The summed E-state index contributed by atoms with van der Waals surface area (Å²) in [7, 11) is 0. The maximum Gasteiger partial charge on any atom is 0.437 e. The number of nitrogens with zero attached hydrogens (tertiary/aromatic N) is 4. The van der Waals surface area contributed by atoms with Crippen LogP contribution in [0.15, 0.2) is 51.8 Å². The van der Waals surface area contributed by atoms with Crippen LogP contribution < -0.4 is 4.90 Å². The molecule has 0 radical (unpaired) electrons. The van der Waals surface area contributed by atoms with E-state index in [9.17, 15) is 27.2 Å². The van der Waals surface area contributed by atoms with Crippen molar-refractivity contribution < 1.29 is 31.6 Å². The van der Waals surface area contributed by atoms with Gasteiger partial charge in [-0.05, 0) is 23.3 Å². The van der Waals surface area contributed by atoms with Crippen molar-refractivity contribution >= 4 is 33.4 Å². The van der Waals surface area contributed by atoms with E-state index >= 15 is 0 Å². The number of benzene rings is 1. The molecule has 1 fully saturated rings. The van der Waals surface area contributed by atoms with Crippen molar-refractivity contribution in [2.24, 2.45) is 0 Å². The number of Topliss-reactive ketones (excluding diaryl/α,β-unsaturated/α-hetero) is 1. The minimum atomic E-state index is -4.82. The Hall–Kier alpha value is -3.28. The topological polar surface area (TPSA) is 79.5 Å². The van der Waals surface area contributed by atoms with E-state index in [0.717, 1.165) is 0 Å². The molecule has 0 spiro atoms. The summed E-state index contributed by atoms with van der Waals surface area (Å²) in [6.45, 7) is 1.90. The van der Waals surface area contributed by atoms with Crippen LogP contribution in [0.5, 0.6) is 0 Å². The van der Waals surface area contributed by atoms with Gasteiger partial charge >= 0.3 is 6.18 Å². The molecule has 3 aromatic rings. The van der Waals surface area contributed by atoms with Gasteiger partial charge in [0.2, 0.25) is 17.5 Å². The van der Waals surface area contributed by atoms with Crippen molar-refractivity contribution in [3.05, 3.63) is 75.8 Å². The number of pyridine rings is 1. The highest BCUT2D eigenvalue weighted by molar-refractivity contribution is 9.10. The van der Waals surface area contributed by atoms with Crippen LogP contribution in [-0.4, -0.2) is 52.7 Å². The van der Waals surface area contributed by atoms with E-state index in [-0.39, 0.29) is 18.7 Å². The molecule has 0 atom stereocenters. The number of halogens is 5. The van der Waals surface area contributed by atoms with Crippen LogP contribution in [0.2, 0.25) is 0 Å². The number of piperazine rings is 1. The van der Waals surface area contributed by atoms with Crippen molar-refractivity contribution in [3.8, 4) is 0 Å². The summed E-state index contributed by atoms with van der Waals surface area (Å²) in [5.41, 5.74) is -0.605. The van der Waals surface area contributed by atoms with Crippen LogP contribution in [0.25, 0.3) is 0 Å². The fourth-order valence-corrected chi connectivity index (χ4v) is 4.09. The number of alkyl halides is 3. The second kappa shape index (κ2) is 10.1. The van der Waals surface area contributed by atoms with E-state index in [1.54, 1.807) is 35.2 Å². The number of ketones is 1. The highest BCUT2D eigenvalue weighted by atomic mass is 79.9. The maximum absolute atomic E-state index is 13.8. The van der Waals surface area contributed by atoms with Crippen LogP contribution in [0.3, 0.4) is 0 Å². The van der Waals surface area contributed by atoms with Crippen molar-refractivity contribution in [1.29, 1.82) is 0 Å². The van der Waals surface area contributed by atoms with Crippen LogP contribution in [0.4, 0.5) is 23.4 Å². The lowest BCUT2D eigenvalue weighted by Crippen LogP contribution is -2.49. The van der Waals surface area contributed by atoms with Gasteiger partial charge in [-0.2, -0.15) is 18.2 Å². The van der Waals surface area contributed by atoms with Crippen LogP contribution in [0.1, 0.15) is 27.4 Å². The average Bonchev–Trinajstić information content (AvgIpc) is 3.24. The van der Waals surface area contributed by atoms with Crippen LogP contribution >= 0.6 is 15.9 Å². The van der Waals surface area contributed by atoms with Crippen molar-refractivity contribution in [1.82, 2.24) is 14.9 Å². The monoisotopic (exact) mass is 554 g/mol. The van der Waals surface area contributed by atoms with Gasteiger partial charge in [0, 0.05) is 54.7 Å². The molecule has 1 aliphatic rings. The molecule has 2 aromatic heterocycles. The minimum Gasteiger partial charge on any atom is -0.427 e. The van der Waals surface area contributed by atoms with Crippen LogP contribution in [-0.2, 0) is 23.8 Å². The van der Waals surface area contributed by atoms with Gasteiger partial charge in [0.1, 0.15) is 11.6 Å². The van der Waals surface area contributed by atoms with Gasteiger partial charge < -0.3 is 14.2 Å². The van der Waals surface area contributed by atoms with Gasteiger partial charge in [-0.25, -0.2) is 9.37 Å². The largest absolute Gasteiger partial charge is 0.437 e. The SMILES string of the molecule is O=C(Cc1ccc(N2CCN(C(=O)Cc3ccccc3F)CC2)nc1)c1oc(Br)nc1C(F)(F)F. The fraction of sp³-hybridized carbons (Fsp3) is 0.304. The number of carbonyl (C=O) groups is 2. The third kappa shape index (κ3) is 5.87. The predicted octanol–water partition coefficient (Wildman–Crippen LogP) is 4.31. The quantitative estimate of drug-likeness (QED) is 0.334. The molecule has 184 valence electrons. The Kier molecular flexibility index (Phi) is 7.20. The number of hydrogen-bond acceptors (Lipinski definition) is 6. The van der Waals surface area contributed by atoms with Gasteiger partial charge in [0.25, 0.3) is 4.80 Å². The Morgan fingerprint density at radius 2 is 1.74 bits per heavy atom. The Bertz CT molecular complexity index is 1220. The molecule has 0 N–H and O–H groups in total. The highest BCUT2D eigenvalue weighted by Gasteiger charge is 2.40. The molecule has 7 nitrogen and oxygen atoms in total. The van der Waals surface area contributed by atoms with E-state index in [4.69, 9.17) is 4.42 Å². The zero-order valence-electron chi connectivity index (χ0n) is 18.2. The molecule has 1 aliphatic heterocycles. The van der Waals surface area contributed by atoms with Crippen molar-refractivity contribution in [2.75, 3.05) is 31.1 Å². The molecule has 0 saturated carbocycles. The van der Waals surface area contributed by atoms with Gasteiger partial charge in [-0.3, -0.25) is 9.59 Å². The number of oxazole rings is 1. The van der Waals surface area contributed by atoms with Crippen molar-refractivity contribution in [3.63, 3.8) is 0 Å². The lowest BCUT2D eigenvalue weighted by atomic mass is 10.1. The zero-order chi connectivity index (χ0) is 25.2. The normalized spacial score (nSPS) is 14.3. The second-order valence-electron chi connectivity index (χ2n) is 7.90. The molecule has 4 rings (SSSR count). The molecular weight excluding hydrogens is 536 g/mol. The Balaban J connectivity index is 1.33. The van der Waals surface area contributed by atoms with Gasteiger partial charge in [-0.1, -0.05) is 24.3 Å². The molecular formula is C23H19BrF4N4O3. The lowest BCUT2D eigenvalue weighted by molar-refractivity contribution is -0.141. The summed E-state index contributed by atoms with van der Waals surface area (Å²) in [6, 6.07) is 9.44. The number of hydrogen-bond donors (Lipinski definition) is 0. The summed E-state index contributed by atoms with van der Waals surface area (Å²) in [6.07, 6.45) is -3.75. The van der Waals surface area contributed by atoms with Gasteiger partial charge in [0.05, 0.1) is 6.42 Å². The summed E-state index contributed by atoms with van der Waals surface area (Å²) in [5.74, 6) is -1.68. The lowest BCUT2D eigenvalue weighted by Gasteiger charge is -2.35. The standard InChI is InChI=1S/C23H19BrF4N4O3/c24-22-30-21(23(26,27)28)20(35-22)17(33)11-14-5-6-18(29-13-14)31-7-9-32(10-8-31)19(34)12-15-3-1-2-4-16(15)25/h1-6,13H,7-12H2. The number of aromatic nitrogens is 2. The first-order chi connectivity index (χ1) is 16.6. The smallest absolute Gasteiger partial charge is 0.427 e. The number of carbonyl (C=O) groups excluding carboxylic acids is 2. The minimum absolute atomic E-state index is 0.00847. The zero-order valence-corrected chi connectivity index (χ0v) is 19.8. The maximum atomic E-state index is 13.8. The number of amides is 1. The summed E-state index contributed by atoms with van der Waals surface area (Å²) < 4.78 is 57.8. The number of rotatable bonds is 6. The van der Waals surface area contributed by atoms with E-state index in [1.165, 1.54) is 12.3 Å².